The molecule has 0 unspecified atom stereocenters. The molecule has 2 aliphatic heterocycles. The van der Waals surface area contributed by atoms with Gasteiger partial charge >= 0.3 is 6.18 Å². The quantitative estimate of drug-likeness (QED) is 0.429. The van der Waals surface area contributed by atoms with Crippen molar-refractivity contribution in [2.24, 2.45) is 0 Å². The Kier molecular flexibility index (Phi) is 5.91. The third-order valence-electron chi connectivity index (χ3n) is 7.24. The van der Waals surface area contributed by atoms with Gasteiger partial charge in [0.05, 0.1) is 54.0 Å². The third-order valence-corrected chi connectivity index (χ3v) is 7.24. The summed E-state index contributed by atoms with van der Waals surface area (Å²) in [7, 11) is 0. The summed E-state index contributed by atoms with van der Waals surface area (Å²) in [6.07, 6.45) is 0.00846. The van der Waals surface area contributed by atoms with Crippen molar-refractivity contribution in [3.63, 3.8) is 0 Å². The topological polar surface area (TPSA) is 101 Å². The Balaban J connectivity index is 1.61. The first-order valence-electron chi connectivity index (χ1n) is 12.4. The van der Waals surface area contributed by atoms with Gasteiger partial charge in [0.25, 0.3) is 0 Å². The van der Waals surface area contributed by atoms with Gasteiger partial charge < -0.3 is 15.0 Å². The highest BCUT2D eigenvalue weighted by molar-refractivity contribution is 5.80. The lowest BCUT2D eigenvalue weighted by molar-refractivity contribution is -0.141. The van der Waals surface area contributed by atoms with E-state index in [1.807, 2.05) is 6.92 Å². The predicted octanol–water partition coefficient (Wildman–Crippen LogP) is 3.46. The van der Waals surface area contributed by atoms with E-state index in [4.69, 9.17) is 9.72 Å². The largest absolute Gasteiger partial charge is 0.435 e. The molecule has 6 heterocycles. The Bertz CT molecular complexity index is 1400. The number of piperidine rings is 1. The van der Waals surface area contributed by atoms with Gasteiger partial charge in [0.2, 0.25) is 0 Å². The van der Waals surface area contributed by atoms with Crippen molar-refractivity contribution >= 4 is 11.5 Å². The van der Waals surface area contributed by atoms with Gasteiger partial charge in [-0.25, -0.2) is 9.50 Å². The van der Waals surface area contributed by atoms with E-state index in [-0.39, 0.29) is 17.6 Å². The molecule has 0 bridgehead atoms. The average molecular weight is 516 g/mol. The minimum Gasteiger partial charge on any atom is -0.377 e. The zero-order valence-corrected chi connectivity index (χ0v) is 20.6. The number of hydrogen-bond donors (Lipinski definition) is 2. The Morgan fingerprint density at radius 2 is 2.00 bits per heavy atom. The van der Waals surface area contributed by atoms with Crippen molar-refractivity contribution in [2.45, 2.75) is 44.9 Å². The highest BCUT2D eigenvalue weighted by Crippen LogP contribution is 2.41. The van der Waals surface area contributed by atoms with Crippen molar-refractivity contribution in [3.05, 3.63) is 35.9 Å². The number of aromatic nitrogens is 7. The van der Waals surface area contributed by atoms with Crippen LogP contribution in [-0.2, 0) is 10.9 Å². The van der Waals surface area contributed by atoms with E-state index in [1.165, 1.54) is 4.52 Å². The maximum atomic E-state index is 14.5. The molecule has 6 rings (SSSR count). The van der Waals surface area contributed by atoms with Crippen LogP contribution in [0.3, 0.4) is 0 Å². The number of hydrogen-bond acceptors (Lipinski definition) is 7. The fourth-order valence-corrected chi connectivity index (χ4v) is 5.37. The molecular weight excluding hydrogens is 487 g/mol. The number of nitrogens with zero attached hydrogens (tertiary/aromatic N) is 7. The molecule has 1 atom stereocenters. The fourth-order valence-electron chi connectivity index (χ4n) is 5.37. The number of H-pyrrole nitrogens is 1. The zero-order chi connectivity index (χ0) is 25.7. The maximum absolute atomic E-state index is 14.5. The maximum Gasteiger partial charge on any atom is 0.435 e. The van der Waals surface area contributed by atoms with Gasteiger partial charge in [0.15, 0.2) is 11.3 Å². The summed E-state index contributed by atoms with van der Waals surface area (Å²) >= 11 is 0. The molecule has 0 aliphatic carbocycles. The molecule has 13 heteroatoms. The van der Waals surface area contributed by atoms with E-state index >= 15 is 0 Å². The number of aromatic amines is 1. The molecule has 4 aromatic rings. The molecule has 4 aromatic heterocycles. The van der Waals surface area contributed by atoms with Crippen LogP contribution in [0.5, 0.6) is 0 Å². The summed E-state index contributed by atoms with van der Waals surface area (Å²) in [5, 5.41) is 18.8. The first-order valence-corrected chi connectivity index (χ1v) is 12.4. The number of morpholine rings is 1. The Morgan fingerprint density at radius 3 is 2.70 bits per heavy atom. The zero-order valence-electron chi connectivity index (χ0n) is 20.6. The van der Waals surface area contributed by atoms with Crippen LogP contribution in [0.25, 0.3) is 28.2 Å². The summed E-state index contributed by atoms with van der Waals surface area (Å²) in [6.45, 7) is 6.81. The van der Waals surface area contributed by atoms with Crippen LogP contribution in [-0.4, -0.2) is 73.5 Å². The van der Waals surface area contributed by atoms with Gasteiger partial charge in [0.1, 0.15) is 5.82 Å². The van der Waals surface area contributed by atoms with Gasteiger partial charge in [-0.05, 0) is 45.8 Å². The van der Waals surface area contributed by atoms with E-state index in [2.05, 4.69) is 30.6 Å². The minimum absolute atomic E-state index is 0.00993. The van der Waals surface area contributed by atoms with Crippen LogP contribution in [0.1, 0.15) is 37.2 Å². The predicted molar refractivity (Wildman–Crippen MR) is 130 cm³/mol. The Morgan fingerprint density at radius 1 is 1.19 bits per heavy atom. The summed E-state index contributed by atoms with van der Waals surface area (Å²) in [6, 6.07) is 3.38. The van der Waals surface area contributed by atoms with Crippen molar-refractivity contribution in [2.75, 3.05) is 37.7 Å². The second-order valence-electron chi connectivity index (χ2n) is 9.61. The van der Waals surface area contributed by atoms with Crippen LogP contribution in [0.15, 0.2) is 24.5 Å². The summed E-state index contributed by atoms with van der Waals surface area (Å²) in [4.78, 5) is 6.94. The second-order valence-corrected chi connectivity index (χ2v) is 9.61. The Labute approximate surface area is 210 Å². The first kappa shape index (κ1) is 23.9. The number of fused-ring (bicyclic) bond motifs is 1. The molecule has 2 aliphatic rings. The lowest BCUT2D eigenvalue weighted by atomic mass is 10.0. The molecule has 2 saturated heterocycles. The van der Waals surface area contributed by atoms with Gasteiger partial charge in [-0.15, -0.1) is 0 Å². The van der Waals surface area contributed by atoms with Crippen molar-refractivity contribution in [1.29, 1.82) is 0 Å². The Hall–Kier alpha value is -3.45. The first-order chi connectivity index (χ1) is 17.8. The number of halogens is 3. The van der Waals surface area contributed by atoms with Crippen molar-refractivity contribution in [1.82, 2.24) is 39.9 Å². The average Bonchev–Trinajstić information content (AvgIpc) is 3.62. The molecule has 2 N–H and O–H groups in total. The van der Waals surface area contributed by atoms with Crippen LogP contribution in [0.2, 0.25) is 0 Å². The number of rotatable bonds is 4. The molecule has 0 saturated carbocycles. The lowest BCUT2D eigenvalue weighted by Gasteiger charge is -2.34. The van der Waals surface area contributed by atoms with E-state index in [9.17, 15) is 13.2 Å². The summed E-state index contributed by atoms with van der Waals surface area (Å²) in [5.41, 5.74) is 1.66. The standard InChI is InChI=1S/C24H28F3N9O/c1-14-13-37-10-9-34(14)20-11-19(36-23(31-20)17(12-30-36)18-5-8-29-32-18)21-15(2)35(16-3-6-28-7-4-16)33-22(21)24(25,26)27/h5,8,11-12,14,16,28H,3-4,6-7,9-10,13H2,1-2H3,(H,29,32)/t14-/m1/s1. The molecule has 37 heavy (non-hydrogen) atoms. The van der Waals surface area contributed by atoms with Crippen molar-refractivity contribution < 1.29 is 17.9 Å². The molecule has 0 aromatic carbocycles. The number of anilines is 1. The second kappa shape index (κ2) is 9.14. The monoisotopic (exact) mass is 515 g/mol. The third kappa shape index (κ3) is 4.15. The lowest BCUT2D eigenvalue weighted by Crippen LogP contribution is -2.44. The van der Waals surface area contributed by atoms with E-state index in [1.54, 1.807) is 36.1 Å². The van der Waals surface area contributed by atoms with Crippen LogP contribution >= 0.6 is 0 Å². The highest BCUT2D eigenvalue weighted by atomic mass is 19.4. The van der Waals surface area contributed by atoms with Gasteiger partial charge in [-0.1, -0.05) is 0 Å². The van der Waals surface area contributed by atoms with Crippen LogP contribution in [0, 0.1) is 6.92 Å². The molecule has 10 nitrogen and oxygen atoms in total. The van der Waals surface area contributed by atoms with Crippen LogP contribution < -0.4 is 10.2 Å². The normalized spacial score (nSPS) is 19.7. The van der Waals surface area contributed by atoms with Gasteiger partial charge in [-0.2, -0.15) is 28.5 Å². The molecule has 0 spiro atoms. The van der Waals surface area contributed by atoms with Crippen LogP contribution in [0.4, 0.5) is 19.0 Å². The van der Waals surface area contributed by atoms with Gasteiger partial charge in [-0.3, -0.25) is 9.78 Å². The summed E-state index contributed by atoms with van der Waals surface area (Å²) in [5.74, 6) is 0.571. The molecule has 0 amide bonds. The number of alkyl halides is 3. The highest BCUT2D eigenvalue weighted by Gasteiger charge is 2.41. The SMILES string of the molecule is Cc1c(-c2cc(N3CCOC[C@H]3C)nc3c(-c4ccn[nH]4)cnn23)c(C(F)(F)F)nn1C1CCNCC1. The number of ether oxygens (including phenoxy) is 1. The smallest absolute Gasteiger partial charge is 0.377 e. The summed E-state index contributed by atoms with van der Waals surface area (Å²) < 4.78 is 52.0. The van der Waals surface area contributed by atoms with E-state index in [0.717, 1.165) is 13.1 Å². The number of nitrogens with one attached hydrogen (secondary N) is 2. The van der Waals surface area contributed by atoms with E-state index in [0.29, 0.717) is 66.7 Å². The van der Waals surface area contributed by atoms with Gasteiger partial charge in [0, 0.05) is 24.5 Å². The fraction of sp³-hybridized carbons (Fsp3) is 0.500. The molecule has 2 fully saturated rings. The van der Waals surface area contributed by atoms with Crippen molar-refractivity contribution in [3.8, 4) is 22.5 Å². The molecular formula is C24H28F3N9O. The van der Waals surface area contributed by atoms with E-state index < -0.39 is 11.9 Å². The molecule has 0 radical (unpaired) electrons. The molecule has 196 valence electrons. The minimum atomic E-state index is -4.64.